The molecule has 2 aromatic rings. The summed E-state index contributed by atoms with van der Waals surface area (Å²) in [7, 11) is 0. The van der Waals surface area contributed by atoms with Crippen LogP contribution in [-0.2, 0) is 0 Å². The van der Waals surface area contributed by atoms with E-state index >= 15 is 0 Å². The quantitative estimate of drug-likeness (QED) is 0.492. The number of tetrazole rings is 2. The standard InChI is InChI=1S/C16H30N8/c1-2-3-4-5-6-7-8-9-10-11-12-13-16(23-14-17-19-21-23)24-15-18-20-22-24/h14-16H,2-13H2,1H3. The SMILES string of the molecule is CCCCCCCCCCCCCC(n1cnnn1)n1cnnn1. The first-order valence-corrected chi connectivity index (χ1v) is 9.36. The highest BCUT2D eigenvalue weighted by Gasteiger charge is 2.15. The van der Waals surface area contributed by atoms with E-state index in [2.05, 4.69) is 38.0 Å². The molecule has 0 saturated heterocycles. The topological polar surface area (TPSA) is 87.2 Å². The van der Waals surface area contributed by atoms with Crippen molar-refractivity contribution >= 4 is 0 Å². The summed E-state index contributed by atoms with van der Waals surface area (Å²) in [5, 5.41) is 22.8. The zero-order valence-electron chi connectivity index (χ0n) is 14.8. The highest BCUT2D eigenvalue weighted by atomic mass is 15.6. The summed E-state index contributed by atoms with van der Waals surface area (Å²) in [5.74, 6) is 0. The van der Waals surface area contributed by atoms with Gasteiger partial charge in [0.15, 0.2) is 6.17 Å². The fourth-order valence-electron chi connectivity index (χ4n) is 2.99. The summed E-state index contributed by atoms with van der Waals surface area (Å²) in [5.41, 5.74) is 0. The van der Waals surface area contributed by atoms with Gasteiger partial charge < -0.3 is 0 Å². The van der Waals surface area contributed by atoms with E-state index in [9.17, 15) is 0 Å². The van der Waals surface area contributed by atoms with Crippen molar-refractivity contribution in [2.75, 3.05) is 0 Å². The molecule has 8 heteroatoms. The molecule has 0 N–H and O–H groups in total. The Labute approximate surface area is 144 Å². The molecule has 134 valence electrons. The fraction of sp³-hybridized carbons (Fsp3) is 0.875. The summed E-state index contributed by atoms with van der Waals surface area (Å²) in [6.07, 6.45) is 18.8. The molecule has 0 fully saturated rings. The van der Waals surface area contributed by atoms with E-state index in [0.717, 1.165) is 12.8 Å². The fourth-order valence-corrected chi connectivity index (χ4v) is 2.99. The maximum atomic E-state index is 3.98. The van der Waals surface area contributed by atoms with Crippen molar-refractivity contribution in [2.45, 2.75) is 90.1 Å². The lowest BCUT2D eigenvalue weighted by Crippen LogP contribution is -2.19. The summed E-state index contributed by atoms with van der Waals surface area (Å²) in [4.78, 5) is 0. The molecule has 0 spiro atoms. The number of unbranched alkanes of at least 4 members (excludes halogenated alkanes) is 10. The highest BCUT2D eigenvalue weighted by molar-refractivity contribution is 4.67. The molecule has 0 radical (unpaired) electrons. The minimum atomic E-state index is -0.0337. The van der Waals surface area contributed by atoms with E-state index in [1.807, 2.05) is 0 Å². The number of aromatic nitrogens is 8. The molecule has 0 aliphatic carbocycles. The molecule has 2 rings (SSSR count). The van der Waals surface area contributed by atoms with E-state index < -0.39 is 0 Å². The zero-order chi connectivity index (χ0) is 16.9. The Morgan fingerprint density at radius 1 is 0.667 bits per heavy atom. The molecule has 0 aromatic carbocycles. The average Bonchev–Trinajstić information content (AvgIpc) is 3.30. The largest absolute Gasteiger partial charge is 0.208 e. The van der Waals surface area contributed by atoms with Crippen LogP contribution in [0, 0.1) is 0 Å². The van der Waals surface area contributed by atoms with E-state index in [1.165, 1.54) is 64.2 Å². The van der Waals surface area contributed by atoms with Gasteiger partial charge in [-0.3, -0.25) is 0 Å². The predicted octanol–water partition coefficient (Wildman–Crippen LogP) is 3.41. The normalized spacial score (nSPS) is 11.4. The predicted molar refractivity (Wildman–Crippen MR) is 91.1 cm³/mol. The van der Waals surface area contributed by atoms with Crippen LogP contribution in [0.1, 0.15) is 90.1 Å². The monoisotopic (exact) mass is 334 g/mol. The number of hydrogen-bond acceptors (Lipinski definition) is 6. The Kier molecular flexibility index (Phi) is 8.96. The Morgan fingerprint density at radius 3 is 1.54 bits per heavy atom. The van der Waals surface area contributed by atoms with Gasteiger partial charge in [0.2, 0.25) is 0 Å². The van der Waals surface area contributed by atoms with Crippen molar-refractivity contribution in [1.29, 1.82) is 0 Å². The van der Waals surface area contributed by atoms with Crippen molar-refractivity contribution in [2.24, 2.45) is 0 Å². The lowest BCUT2D eigenvalue weighted by Gasteiger charge is -2.15. The molecular weight excluding hydrogens is 304 g/mol. The Hall–Kier alpha value is -1.86. The molecule has 24 heavy (non-hydrogen) atoms. The van der Waals surface area contributed by atoms with Crippen LogP contribution in [0.5, 0.6) is 0 Å². The molecule has 0 amide bonds. The molecule has 0 atom stereocenters. The molecule has 0 bridgehead atoms. The molecule has 2 aromatic heterocycles. The molecular formula is C16H30N8. The van der Waals surface area contributed by atoms with Crippen LogP contribution in [0.4, 0.5) is 0 Å². The second kappa shape index (κ2) is 11.6. The van der Waals surface area contributed by atoms with Gasteiger partial charge in [0, 0.05) is 0 Å². The second-order valence-corrected chi connectivity index (χ2v) is 6.38. The van der Waals surface area contributed by atoms with Crippen LogP contribution in [0.2, 0.25) is 0 Å². The van der Waals surface area contributed by atoms with Gasteiger partial charge in [-0.05, 0) is 33.7 Å². The molecule has 0 aliphatic rings. The maximum absolute atomic E-state index is 3.98. The van der Waals surface area contributed by atoms with Crippen molar-refractivity contribution < 1.29 is 0 Å². The van der Waals surface area contributed by atoms with Gasteiger partial charge in [-0.15, -0.1) is 10.2 Å². The number of nitrogens with zero attached hydrogens (tertiary/aromatic N) is 8. The third kappa shape index (κ3) is 6.72. The van der Waals surface area contributed by atoms with Crippen LogP contribution in [0.3, 0.4) is 0 Å². The second-order valence-electron chi connectivity index (χ2n) is 6.38. The third-order valence-electron chi connectivity index (χ3n) is 4.41. The number of hydrogen-bond donors (Lipinski definition) is 0. The van der Waals surface area contributed by atoms with Crippen molar-refractivity contribution in [3.05, 3.63) is 12.7 Å². The maximum Gasteiger partial charge on any atom is 0.150 e. The lowest BCUT2D eigenvalue weighted by atomic mass is 10.0. The Balaban J connectivity index is 1.54. The zero-order valence-corrected chi connectivity index (χ0v) is 14.8. The summed E-state index contributed by atoms with van der Waals surface area (Å²) < 4.78 is 3.43. The van der Waals surface area contributed by atoms with Crippen molar-refractivity contribution in [1.82, 2.24) is 40.4 Å². The van der Waals surface area contributed by atoms with Crippen molar-refractivity contribution in [3.8, 4) is 0 Å². The third-order valence-corrected chi connectivity index (χ3v) is 4.41. The molecule has 0 unspecified atom stereocenters. The first-order valence-electron chi connectivity index (χ1n) is 9.36. The van der Waals surface area contributed by atoms with E-state index in [1.54, 1.807) is 22.0 Å². The lowest BCUT2D eigenvalue weighted by molar-refractivity contribution is 0.314. The van der Waals surface area contributed by atoms with Crippen LogP contribution >= 0.6 is 0 Å². The summed E-state index contributed by atoms with van der Waals surface area (Å²) in [6.45, 7) is 2.27. The van der Waals surface area contributed by atoms with Crippen LogP contribution < -0.4 is 0 Å². The highest BCUT2D eigenvalue weighted by Crippen LogP contribution is 2.17. The van der Waals surface area contributed by atoms with Gasteiger partial charge in [-0.25, -0.2) is 9.36 Å². The van der Waals surface area contributed by atoms with Gasteiger partial charge in [-0.2, -0.15) is 0 Å². The van der Waals surface area contributed by atoms with Crippen molar-refractivity contribution in [3.63, 3.8) is 0 Å². The Bertz CT molecular complexity index is 462. The molecule has 0 saturated carbocycles. The first-order chi connectivity index (χ1) is 11.9. The smallest absolute Gasteiger partial charge is 0.150 e. The van der Waals surface area contributed by atoms with Gasteiger partial charge in [0.05, 0.1) is 0 Å². The van der Waals surface area contributed by atoms with Crippen LogP contribution in [0.15, 0.2) is 12.7 Å². The van der Waals surface area contributed by atoms with Gasteiger partial charge in [-0.1, -0.05) is 71.1 Å². The van der Waals surface area contributed by atoms with Gasteiger partial charge >= 0.3 is 0 Å². The Morgan fingerprint density at radius 2 is 1.12 bits per heavy atom. The number of rotatable bonds is 14. The van der Waals surface area contributed by atoms with Crippen LogP contribution in [0.25, 0.3) is 0 Å². The first kappa shape index (κ1) is 18.5. The van der Waals surface area contributed by atoms with Crippen LogP contribution in [-0.4, -0.2) is 40.4 Å². The summed E-state index contributed by atoms with van der Waals surface area (Å²) >= 11 is 0. The average molecular weight is 334 g/mol. The minimum Gasteiger partial charge on any atom is -0.208 e. The summed E-state index contributed by atoms with van der Waals surface area (Å²) in [6, 6.07) is 0. The van der Waals surface area contributed by atoms with Gasteiger partial charge in [0.1, 0.15) is 12.7 Å². The van der Waals surface area contributed by atoms with Gasteiger partial charge in [0.25, 0.3) is 0 Å². The molecule has 8 nitrogen and oxygen atoms in total. The van der Waals surface area contributed by atoms with E-state index in [-0.39, 0.29) is 6.17 Å². The van der Waals surface area contributed by atoms with E-state index in [0.29, 0.717) is 0 Å². The molecule has 2 heterocycles. The minimum absolute atomic E-state index is 0.0337. The molecule has 0 aliphatic heterocycles. The van der Waals surface area contributed by atoms with E-state index in [4.69, 9.17) is 0 Å².